The van der Waals surface area contributed by atoms with Crippen LogP contribution >= 0.6 is 0 Å². The molecule has 8 heteroatoms. The molecule has 1 aromatic heterocycles. The second kappa shape index (κ2) is 8.65. The van der Waals surface area contributed by atoms with Crippen molar-refractivity contribution in [3.8, 4) is 11.4 Å². The molecule has 0 radical (unpaired) electrons. The number of aromatic amines is 1. The molecule has 0 saturated carbocycles. The lowest BCUT2D eigenvalue weighted by Gasteiger charge is -2.26. The number of unbranched alkanes of at least 4 members (excludes halogenated alkanes) is 2. The summed E-state index contributed by atoms with van der Waals surface area (Å²) in [5, 5.41) is 18.7. The van der Waals surface area contributed by atoms with Gasteiger partial charge in [0, 0.05) is 5.56 Å². The number of benzene rings is 1. The number of rotatable bonds is 8. The van der Waals surface area contributed by atoms with Crippen molar-refractivity contribution >= 4 is 0 Å². The highest BCUT2D eigenvalue weighted by Gasteiger charge is 2.34. The Morgan fingerprint density at radius 1 is 1.07 bits per heavy atom. The van der Waals surface area contributed by atoms with Crippen LogP contribution in [-0.4, -0.2) is 20.3 Å². The SMILES string of the molecule is CCCCC(O)(CCCC)c1nnc(-c2cccc(C(F)(F)F)c2)[nH]c1=O. The monoisotopic (exact) mass is 383 g/mol. The fourth-order valence-corrected chi connectivity index (χ4v) is 2.91. The topological polar surface area (TPSA) is 78.9 Å². The van der Waals surface area contributed by atoms with Crippen LogP contribution in [0.2, 0.25) is 0 Å². The number of alkyl halides is 3. The van der Waals surface area contributed by atoms with Gasteiger partial charge in [-0.2, -0.15) is 13.2 Å². The maximum atomic E-state index is 12.9. The predicted octanol–water partition coefficient (Wildman–Crippen LogP) is 4.42. The summed E-state index contributed by atoms with van der Waals surface area (Å²) in [6.45, 7) is 3.96. The third-order valence-electron chi connectivity index (χ3n) is 4.49. The van der Waals surface area contributed by atoms with Crippen LogP contribution in [0.15, 0.2) is 29.1 Å². The molecule has 0 amide bonds. The largest absolute Gasteiger partial charge is 0.416 e. The quantitative estimate of drug-likeness (QED) is 0.707. The molecule has 1 aromatic carbocycles. The minimum atomic E-state index is -4.50. The van der Waals surface area contributed by atoms with Gasteiger partial charge in [0.05, 0.1) is 5.56 Å². The Morgan fingerprint density at radius 3 is 2.22 bits per heavy atom. The molecule has 5 nitrogen and oxygen atoms in total. The molecule has 0 unspecified atom stereocenters. The van der Waals surface area contributed by atoms with E-state index in [0.29, 0.717) is 12.8 Å². The van der Waals surface area contributed by atoms with Crippen LogP contribution in [0.3, 0.4) is 0 Å². The van der Waals surface area contributed by atoms with E-state index >= 15 is 0 Å². The molecule has 0 fully saturated rings. The van der Waals surface area contributed by atoms with Crippen molar-refractivity contribution in [3.63, 3.8) is 0 Å². The number of hydrogen-bond donors (Lipinski definition) is 2. The smallest absolute Gasteiger partial charge is 0.383 e. The average molecular weight is 383 g/mol. The van der Waals surface area contributed by atoms with Gasteiger partial charge in [-0.3, -0.25) is 4.79 Å². The lowest BCUT2D eigenvalue weighted by molar-refractivity contribution is -0.137. The molecule has 0 atom stereocenters. The van der Waals surface area contributed by atoms with Crippen LogP contribution in [0.5, 0.6) is 0 Å². The van der Waals surface area contributed by atoms with Crippen molar-refractivity contribution in [2.75, 3.05) is 0 Å². The maximum absolute atomic E-state index is 12.9. The second-order valence-corrected chi connectivity index (χ2v) is 6.67. The van der Waals surface area contributed by atoms with Crippen LogP contribution in [-0.2, 0) is 11.8 Å². The molecule has 0 aliphatic carbocycles. The van der Waals surface area contributed by atoms with Gasteiger partial charge >= 0.3 is 6.18 Å². The number of aromatic nitrogens is 3. The van der Waals surface area contributed by atoms with E-state index in [2.05, 4.69) is 15.2 Å². The minimum absolute atomic E-state index is 0.0665. The predicted molar refractivity (Wildman–Crippen MR) is 96.0 cm³/mol. The summed E-state index contributed by atoms with van der Waals surface area (Å²) in [4.78, 5) is 15.0. The summed E-state index contributed by atoms with van der Waals surface area (Å²) >= 11 is 0. The van der Waals surface area contributed by atoms with E-state index in [1.165, 1.54) is 12.1 Å². The lowest BCUT2D eigenvalue weighted by Crippen LogP contribution is -2.35. The number of aliphatic hydroxyl groups is 1. The first-order chi connectivity index (χ1) is 12.7. The number of hydrogen-bond acceptors (Lipinski definition) is 4. The minimum Gasteiger partial charge on any atom is -0.383 e. The molecule has 148 valence electrons. The second-order valence-electron chi connectivity index (χ2n) is 6.67. The van der Waals surface area contributed by atoms with Crippen molar-refractivity contribution in [1.82, 2.24) is 15.2 Å². The Kier molecular flexibility index (Phi) is 6.75. The summed E-state index contributed by atoms with van der Waals surface area (Å²) in [5.74, 6) is -0.0665. The average Bonchev–Trinajstić information content (AvgIpc) is 2.64. The van der Waals surface area contributed by atoms with Crippen molar-refractivity contribution < 1.29 is 18.3 Å². The highest BCUT2D eigenvalue weighted by molar-refractivity contribution is 5.55. The van der Waals surface area contributed by atoms with Crippen molar-refractivity contribution in [2.24, 2.45) is 0 Å². The zero-order valence-corrected chi connectivity index (χ0v) is 15.4. The van der Waals surface area contributed by atoms with Gasteiger partial charge in [-0.05, 0) is 25.0 Å². The van der Waals surface area contributed by atoms with Gasteiger partial charge < -0.3 is 10.1 Å². The van der Waals surface area contributed by atoms with Crippen molar-refractivity contribution in [3.05, 3.63) is 45.9 Å². The van der Waals surface area contributed by atoms with E-state index in [-0.39, 0.29) is 17.1 Å². The van der Waals surface area contributed by atoms with Crippen molar-refractivity contribution in [1.29, 1.82) is 0 Å². The third kappa shape index (κ3) is 5.15. The standard InChI is InChI=1S/C19H24F3N3O2/c1-3-5-10-18(27,11-6-4-2)15-17(26)23-16(25-24-15)13-8-7-9-14(12-13)19(20,21)22/h7-9,12,27H,3-6,10-11H2,1-2H3,(H,23,25,26). The van der Waals surface area contributed by atoms with E-state index in [0.717, 1.165) is 37.8 Å². The summed E-state index contributed by atoms with van der Waals surface area (Å²) in [5.41, 5.74) is -2.84. The molecule has 2 aromatic rings. The van der Waals surface area contributed by atoms with E-state index in [1.807, 2.05) is 13.8 Å². The summed E-state index contributed by atoms with van der Waals surface area (Å²) in [6, 6.07) is 4.50. The Bertz CT molecular complexity index is 810. The zero-order chi connectivity index (χ0) is 20.1. The van der Waals surface area contributed by atoms with E-state index in [9.17, 15) is 23.1 Å². The fourth-order valence-electron chi connectivity index (χ4n) is 2.91. The summed E-state index contributed by atoms with van der Waals surface area (Å²) < 4.78 is 38.6. The van der Waals surface area contributed by atoms with E-state index < -0.39 is 22.9 Å². The molecule has 1 heterocycles. The van der Waals surface area contributed by atoms with Gasteiger partial charge in [0.1, 0.15) is 5.60 Å². The van der Waals surface area contributed by atoms with E-state index in [4.69, 9.17) is 0 Å². The van der Waals surface area contributed by atoms with E-state index in [1.54, 1.807) is 0 Å². The normalized spacial score (nSPS) is 12.4. The molecule has 27 heavy (non-hydrogen) atoms. The van der Waals surface area contributed by atoms with Crippen LogP contribution in [0, 0.1) is 0 Å². The van der Waals surface area contributed by atoms with Crippen LogP contribution in [0.1, 0.15) is 63.6 Å². The molecule has 0 aliphatic heterocycles. The number of nitrogens with zero attached hydrogens (tertiary/aromatic N) is 2. The van der Waals surface area contributed by atoms with Crippen LogP contribution < -0.4 is 5.56 Å². The van der Waals surface area contributed by atoms with Gasteiger partial charge in [-0.25, -0.2) is 0 Å². The first-order valence-electron chi connectivity index (χ1n) is 9.08. The number of halogens is 3. The highest BCUT2D eigenvalue weighted by atomic mass is 19.4. The van der Waals surface area contributed by atoms with Crippen LogP contribution in [0.4, 0.5) is 13.2 Å². The molecule has 2 rings (SSSR count). The Labute approximate surface area is 155 Å². The Hall–Kier alpha value is -2.22. The van der Waals surface area contributed by atoms with Gasteiger partial charge in [0.25, 0.3) is 5.56 Å². The first kappa shape index (κ1) is 21.1. The van der Waals surface area contributed by atoms with Crippen molar-refractivity contribution in [2.45, 2.75) is 64.1 Å². The third-order valence-corrected chi connectivity index (χ3v) is 4.49. The molecular formula is C19H24F3N3O2. The molecular weight excluding hydrogens is 359 g/mol. The van der Waals surface area contributed by atoms with Gasteiger partial charge in [0.15, 0.2) is 11.5 Å². The van der Waals surface area contributed by atoms with Crippen LogP contribution in [0.25, 0.3) is 11.4 Å². The molecule has 0 bridgehead atoms. The van der Waals surface area contributed by atoms with Gasteiger partial charge in [0.2, 0.25) is 0 Å². The number of nitrogens with one attached hydrogen (secondary N) is 1. The Balaban J connectivity index is 2.40. The molecule has 0 aliphatic rings. The fraction of sp³-hybridized carbons (Fsp3) is 0.526. The highest BCUT2D eigenvalue weighted by Crippen LogP contribution is 2.32. The molecule has 0 saturated heterocycles. The van der Waals surface area contributed by atoms with Gasteiger partial charge in [-0.1, -0.05) is 51.7 Å². The Morgan fingerprint density at radius 2 is 1.70 bits per heavy atom. The summed E-state index contributed by atoms with van der Waals surface area (Å²) in [6.07, 6.45) is -0.601. The zero-order valence-electron chi connectivity index (χ0n) is 15.4. The molecule has 2 N–H and O–H groups in total. The maximum Gasteiger partial charge on any atom is 0.416 e. The van der Waals surface area contributed by atoms with Gasteiger partial charge in [-0.15, -0.1) is 10.2 Å². The molecule has 0 spiro atoms. The summed E-state index contributed by atoms with van der Waals surface area (Å²) in [7, 11) is 0. The number of H-pyrrole nitrogens is 1. The lowest BCUT2D eigenvalue weighted by atomic mass is 9.88. The first-order valence-corrected chi connectivity index (χ1v) is 9.08.